The van der Waals surface area contributed by atoms with Gasteiger partial charge in [-0.2, -0.15) is 0 Å². The molecule has 0 heterocycles. The second kappa shape index (κ2) is 12.1. The predicted octanol–water partition coefficient (Wildman–Crippen LogP) is 8.23. The van der Waals surface area contributed by atoms with E-state index >= 15 is 0 Å². The van der Waals surface area contributed by atoms with Gasteiger partial charge in [0.1, 0.15) is 11.5 Å². The van der Waals surface area contributed by atoms with Gasteiger partial charge >= 0.3 is 5.97 Å². The van der Waals surface area contributed by atoms with Crippen LogP contribution < -0.4 is 14.8 Å². The first-order valence-corrected chi connectivity index (χ1v) is 14.5. The maximum Gasteiger partial charge on any atom is 0.335 e. The Kier molecular flexibility index (Phi) is 8.94. The molecule has 0 saturated heterocycles. The van der Waals surface area contributed by atoms with E-state index < -0.39 is 5.97 Å². The van der Waals surface area contributed by atoms with E-state index in [1.165, 1.54) is 17.5 Å². The lowest BCUT2D eigenvalue weighted by Gasteiger charge is -2.42. The maximum absolute atomic E-state index is 11.5. The Labute approximate surface area is 239 Å². The Morgan fingerprint density at radius 1 is 0.850 bits per heavy atom. The molecule has 0 bridgehead atoms. The van der Waals surface area contributed by atoms with Crippen molar-refractivity contribution in [3.63, 3.8) is 0 Å². The van der Waals surface area contributed by atoms with Crippen LogP contribution in [0.4, 0.5) is 0 Å². The average Bonchev–Trinajstić information content (AvgIpc) is 2.92. The Balaban J connectivity index is 1.75. The topological polar surface area (TPSA) is 67.8 Å². The van der Waals surface area contributed by atoms with Gasteiger partial charge in [-0.1, -0.05) is 65.8 Å². The number of rotatable bonds is 11. The Morgan fingerprint density at radius 2 is 1.52 bits per heavy atom. The third kappa shape index (κ3) is 6.52. The van der Waals surface area contributed by atoms with Crippen LogP contribution in [0.15, 0.2) is 54.6 Å². The van der Waals surface area contributed by atoms with Crippen LogP contribution in [0.5, 0.6) is 11.5 Å². The number of aromatic carboxylic acids is 1. The summed E-state index contributed by atoms with van der Waals surface area (Å²) in [5.41, 5.74) is 7.23. The number of methoxy groups -OCH3 is 1. The molecule has 214 valence electrons. The van der Waals surface area contributed by atoms with E-state index in [4.69, 9.17) is 9.47 Å². The predicted molar refractivity (Wildman–Crippen MR) is 164 cm³/mol. The van der Waals surface area contributed by atoms with Crippen molar-refractivity contribution >= 4 is 5.97 Å². The second-order valence-electron chi connectivity index (χ2n) is 12.6. The molecule has 3 aromatic carbocycles. The number of unbranched alkanes of at least 4 members (excludes halogenated alkanes) is 1. The van der Waals surface area contributed by atoms with E-state index in [1.807, 2.05) is 18.2 Å². The standard InChI is InChI=1S/C35H45NO4/c1-23(2)36-18-8-9-19-40-31-15-12-24(27-13-10-26(33(37)38)22-32(27)39-7)20-28(31)25-11-14-29-30(21-25)35(5,6)17-16-34(29,3)4/h10-15,20-23,36H,8-9,16-19H2,1-7H3,(H,37,38). The van der Waals surface area contributed by atoms with Gasteiger partial charge in [0.25, 0.3) is 0 Å². The Morgan fingerprint density at radius 3 is 2.20 bits per heavy atom. The van der Waals surface area contributed by atoms with Crippen molar-refractivity contribution in [3.05, 3.63) is 71.3 Å². The SMILES string of the molecule is COc1cc(C(=O)O)ccc1-c1ccc(OCCCCNC(C)C)c(-c2ccc3c(c2)C(C)(C)CCC3(C)C)c1. The molecular formula is C35H45NO4. The van der Waals surface area contributed by atoms with Crippen molar-refractivity contribution in [2.45, 2.75) is 84.1 Å². The normalized spacial score (nSPS) is 15.5. The summed E-state index contributed by atoms with van der Waals surface area (Å²) < 4.78 is 12.0. The van der Waals surface area contributed by atoms with Crippen molar-refractivity contribution in [3.8, 4) is 33.8 Å². The molecule has 5 nitrogen and oxygen atoms in total. The number of carboxylic acids is 1. The molecule has 0 aliphatic heterocycles. The van der Waals surface area contributed by atoms with Gasteiger partial charge in [0.05, 0.1) is 19.3 Å². The van der Waals surface area contributed by atoms with Gasteiger partial charge in [-0.25, -0.2) is 4.79 Å². The zero-order valence-electron chi connectivity index (χ0n) is 25.2. The first-order chi connectivity index (χ1) is 18.9. The number of ether oxygens (including phenoxy) is 2. The van der Waals surface area contributed by atoms with Crippen LogP contribution in [0.25, 0.3) is 22.3 Å². The fourth-order valence-corrected chi connectivity index (χ4v) is 5.67. The van der Waals surface area contributed by atoms with Crippen LogP contribution in [0, 0.1) is 0 Å². The number of carbonyl (C=O) groups is 1. The second-order valence-corrected chi connectivity index (χ2v) is 12.6. The highest BCUT2D eigenvalue weighted by molar-refractivity contribution is 5.90. The lowest BCUT2D eigenvalue weighted by atomic mass is 9.63. The molecule has 0 amide bonds. The molecule has 2 N–H and O–H groups in total. The summed E-state index contributed by atoms with van der Waals surface area (Å²) in [6.45, 7) is 15.3. The van der Waals surface area contributed by atoms with Gasteiger partial charge in [0.2, 0.25) is 0 Å². The summed E-state index contributed by atoms with van der Waals surface area (Å²) in [6, 6.07) is 18.6. The van der Waals surface area contributed by atoms with Crippen LogP contribution in [0.3, 0.4) is 0 Å². The minimum Gasteiger partial charge on any atom is -0.496 e. The molecule has 0 unspecified atom stereocenters. The zero-order valence-corrected chi connectivity index (χ0v) is 25.2. The van der Waals surface area contributed by atoms with E-state index in [2.05, 4.69) is 71.1 Å². The van der Waals surface area contributed by atoms with Gasteiger partial charge in [-0.15, -0.1) is 0 Å². The van der Waals surface area contributed by atoms with Crippen molar-refractivity contribution in [1.82, 2.24) is 5.32 Å². The van der Waals surface area contributed by atoms with Crippen molar-refractivity contribution in [2.24, 2.45) is 0 Å². The molecule has 0 radical (unpaired) electrons. The average molecular weight is 544 g/mol. The smallest absolute Gasteiger partial charge is 0.335 e. The molecule has 4 rings (SSSR count). The largest absolute Gasteiger partial charge is 0.496 e. The molecular weight excluding hydrogens is 498 g/mol. The summed E-state index contributed by atoms with van der Waals surface area (Å²) in [5, 5.41) is 12.9. The first kappa shape index (κ1) is 29.7. The van der Waals surface area contributed by atoms with Crippen LogP contribution in [-0.2, 0) is 10.8 Å². The third-order valence-electron chi connectivity index (χ3n) is 8.28. The van der Waals surface area contributed by atoms with E-state index in [0.717, 1.165) is 53.8 Å². The monoisotopic (exact) mass is 543 g/mol. The molecule has 5 heteroatoms. The third-order valence-corrected chi connectivity index (χ3v) is 8.28. The molecule has 0 fully saturated rings. The fourth-order valence-electron chi connectivity index (χ4n) is 5.67. The fraction of sp³-hybridized carbons (Fsp3) is 0.457. The van der Waals surface area contributed by atoms with Crippen LogP contribution >= 0.6 is 0 Å². The maximum atomic E-state index is 11.5. The minimum atomic E-state index is -0.975. The Bertz CT molecular complexity index is 1360. The first-order valence-electron chi connectivity index (χ1n) is 14.5. The number of hydrogen-bond donors (Lipinski definition) is 2. The number of carboxylic acid groups (broad SMARTS) is 1. The molecule has 0 atom stereocenters. The van der Waals surface area contributed by atoms with Crippen LogP contribution in [0.1, 0.15) is 88.7 Å². The van der Waals surface area contributed by atoms with Crippen molar-refractivity contribution in [1.29, 1.82) is 0 Å². The van der Waals surface area contributed by atoms with Gasteiger partial charge in [-0.05, 0) is 95.6 Å². The summed E-state index contributed by atoms with van der Waals surface area (Å²) in [4.78, 5) is 11.5. The lowest BCUT2D eigenvalue weighted by molar-refractivity contribution is 0.0696. The molecule has 1 aliphatic rings. The molecule has 40 heavy (non-hydrogen) atoms. The number of benzene rings is 3. The van der Waals surface area contributed by atoms with E-state index in [1.54, 1.807) is 19.2 Å². The van der Waals surface area contributed by atoms with E-state index in [0.29, 0.717) is 18.4 Å². The minimum absolute atomic E-state index is 0.0960. The molecule has 0 saturated carbocycles. The highest BCUT2D eigenvalue weighted by atomic mass is 16.5. The van der Waals surface area contributed by atoms with Crippen LogP contribution in [-0.4, -0.2) is 37.4 Å². The quantitative estimate of drug-likeness (QED) is 0.238. The van der Waals surface area contributed by atoms with Gasteiger partial charge in [0.15, 0.2) is 0 Å². The summed E-state index contributed by atoms with van der Waals surface area (Å²) in [6.07, 6.45) is 4.35. The summed E-state index contributed by atoms with van der Waals surface area (Å²) in [5.74, 6) is 0.414. The molecule has 0 spiro atoms. The van der Waals surface area contributed by atoms with Crippen molar-refractivity contribution in [2.75, 3.05) is 20.3 Å². The summed E-state index contributed by atoms with van der Waals surface area (Å²) in [7, 11) is 1.57. The molecule has 1 aliphatic carbocycles. The number of fused-ring (bicyclic) bond motifs is 1. The van der Waals surface area contributed by atoms with Crippen LogP contribution in [0.2, 0.25) is 0 Å². The number of nitrogens with one attached hydrogen (secondary N) is 1. The highest BCUT2D eigenvalue weighted by Crippen LogP contribution is 2.48. The zero-order chi connectivity index (χ0) is 29.1. The van der Waals surface area contributed by atoms with E-state index in [-0.39, 0.29) is 16.4 Å². The van der Waals surface area contributed by atoms with Gasteiger partial charge < -0.3 is 19.9 Å². The molecule has 3 aromatic rings. The molecule has 0 aromatic heterocycles. The highest BCUT2D eigenvalue weighted by Gasteiger charge is 2.37. The van der Waals surface area contributed by atoms with E-state index in [9.17, 15) is 9.90 Å². The number of hydrogen-bond acceptors (Lipinski definition) is 4. The summed E-state index contributed by atoms with van der Waals surface area (Å²) >= 11 is 0. The Hall–Kier alpha value is -3.31. The van der Waals surface area contributed by atoms with Gasteiger partial charge in [0, 0.05) is 17.2 Å². The van der Waals surface area contributed by atoms with Crippen molar-refractivity contribution < 1.29 is 19.4 Å². The van der Waals surface area contributed by atoms with Gasteiger partial charge in [-0.3, -0.25) is 0 Å². The lowest BCUT2D eigenvalue weighted by Crippen LogP contribution is -2.33.